The van der Waals surface area contributed by atoms with Crippen LogP contribution in [0.2, 0.25) is 0 Å². The number of benzene rings is 1. The average molecular weight is 392 g/mol. The van der Waals surface area contributed by atoms with Crippen molar-refractivity contribution < 1.29 is 0 Å². The fourth-order valence-corrected chi connectivity index (χ4v) is 4.59. The molecule has 0 spiro atoms. The zero-order chi connectivity index (χ0) is 20.6. The molecule has 0 amide bonds. The van der Waals surface area contributed by atoms with E-state index in [0.717, 1.165) is 18.3 Å². The third-order valence-electron chi connectivity index (χ3n) is 6.56. The first-order valence-electron chi connectivity index (χ1n) is 12.1. The molecule has 0 heterocycles. The standard InChI is InChI=1S/C28H41N/c1-2-3-4-6-9-12-25-14-18-27(19-15-25)22-23-28-20-16-26(17-21-28)13-10-7-5-8-11-24-29/h5,7-8,11,14-15,18-19,26,28H,2-4,6,9-10,12-13,16-17,20-23H2,1H3/t26-,28-. The molecule has 1 aliphatic carbocycles. The van der Waals surface area contributed by atoms with Crippen LogP contribution in [0.4, 0.5) is 0 Å². The van der Waals surface area contributed by atoms with Crippen LogP contribution in [-0.4, -0.2) is 0 Å². The lowest BCUT2D eigenvalue weighted by Crippen LogP contribution is -2.15. The summed E-state index contributed by atoms with van der Waals surface area (Å²) in [6.07, 6.45) is 26.4. The average Bonchev–Trinajstić information content (AvgIpc) is 2.76. The highest BCUT2D eigenvalue weighted by Gasteiger charge is 2.20. The molecule has 0 N–H and O–H groups in total. The fourth-order valence-electron chi connectivity index (χ4n) is 4.59. The normalized spacial score (nSPS) is 19.7. The van der Waals surface area contributed by atoms with Gasteiger partial charge in [-0.1, -0.05) is 101 Å². The summed E-state index contributed by atoms with van der Waals surface area (Å²) in [5, 5.41) is 8.46. The van der Waals surface area contributed by atoms with Gasteiger partial charge in [-0.3, -0.25) is 0 Å². The Morgan fingerprint density at radius 2 is 1.45 bits per heavy atom. The number of hydrogen-bond acceptors (Lipinski definition) is 1. The van der Waals surface area contributed by atoms with Crippen LogP contribution in [0.5, 0.6) is 0 Å². The molecule has 1 saturated carbocycles. The largest absolute Gasteiger partial charge is 0.193 e. The first-order chi connectivity index (χ1) is 14.3. The van der Waals surface area contributed by atoms with E-state index in [0.29, 0.717) is 0 Å². The Kier molecular flexibility index (Phi) is 12.2. The van der Waals surface area contributed by atoms with Crippen LogP contribution in [0.3, 0.4) is 0 Å². The van der Waals surface area contributed by atoms with Gasteiger partial charge in [-0.05, 0) is 61.5 Å². The number of allylic oxidation sites excluding steroid dienone is 4. The van der Waals surface area contributed by atoms with E-state index in [-0.39, 0.29) is 0 Å². The van der Waals surface area contributed by atoms with Crippen molar-refractivity contribution in [3.05, 3.63) is 59.7 Å². The van der Waals surface area contributed by atoms with Crippen molar-refractivity contribution in [3.63, 3.8) is 0 Å². The van der Waals surface area contributed by atoms with Gasteiger partial charge in [0.15, 0.2) is 0 Å². The maximum atomic E-state index is 8.46. The molecule has 1 aromatic rings. The van der Waals surface area contributed by atoms with Gasteiger partial charge in [0.05, 0.1) is 6.07 Å². The van der Waals surface area contributed by atoms with Crippen LogP contribution in [0, 0.1) is 23.2 Å². The van der Waals surface area contributed by atoms with E-state index in [2.05, 4.69) is 37.3 Å². The molecule has 0 saturated heterocycles. The summed E-state index contributed by atoms with van der Waals surface area (Å²) in [5.41, 5.74) is 3.04. The minimum atomic E-state index is 0.910. The maximum absolute atomic E-state index is 8.46. The van der Waals surface area contributed by atoms with Crippen molar-refractivity contribution in [1.29, 1.82) is 5.26 Å². The topological polar surface area (TPSA) is 23.8 Å². The first-order valence-corrected chi connectivity index (χ1v) is 12.1. The zero-order valence-electron chi connectivity index (χ0n) is 18.6. The molecule has 1 aliphatic rings. The first kappa shape index (κ1) is 23.5. The summed E-state index contributed by atoms with van der Waals surface area (Å²) in [6, 6.07) is 11.5. The van der Waals surface area contributed by atoms with Crippen LogP contribution < -0.4 is 0 Å². The van der Waals surface area contributed by atoms with Crippen molar-refractivity contribution in [2.45, 2.75) is 96.8 Å². The molecule has 0 radical (unpaired) electrons. The van der Waals surface area contributed by atoms with Gasteiger partial charge in [-0.25, -0.2) is 0 Å². The van der Waals surface area contributed by atoms with Gasteiger partial charge in [0, 0.05) is 6.08 Å². The van der Waals surface area contributed by atoms with E-state index < -0.39 is 0 Å². The van der Waals surface area contributed by atoms with Crippen LogP contribution in [0.1, 0.15) is 95.1 Å². The van der Waals surface area contributed by atoms with Crippen molar-refractivity contribution in [3.8, 4) is 6.07 Å². The molecule has 1 aromatic carbocycles. The van der Waals surface area contributed by atoms with E-state index in [1.807, 2.05) is 18.2 Å². The molecule has 1 heteroatoms. The second-order valence-electron chi connectivity index (χ2n) is 8.90. The van der Waals surface area contributed by atoms with Crippen molar-refractivity contribution >= 4 is 0 Å². The summed E-state index contributed by atoms with van der Waals surface area (Å²) < 4.78 is 0. The van der Waals surface area contributed by atoms with Gasteiger partial charge < -0.3 is 0 Å². The fraction of sp³-hybridized carbons (Fsp3) is 0.607. The van der Waals surface area contributed by atoms with Gasteiger partial charge in [-0.15, -0.1) is 0 Å². The van der Waals surface area contributed by atoms with Gasteiger partial charge in [-0.2, -0.15) is 5.26 Å². The molecule has 1 nitrogen and oxygen atoms in total. The van der Waals surface area contributed by atoms with Gasteiger partial charge >= 0.3 is 0 Å². The highest BCUT2D eigenvalue weighted by Crippen LogP contribution is 2.34. The lowest BCUT2D eigenvalue weighted by atomic mass is 9.78. The smallest absolute Gasteiger partial charge is 0.0912 e. The number of nitrogens with zero attached hydrogens (tertiary/aromatic N) is 1. The second kappa shape index (κ2) is 15.1. The molecule has 0 bridgehead atoms. The lowest BCUT2D eigenvalue weighted by Gasteiger charge is -2.28. The Labute approximate surface area is 179 Å². The molecule has 0 aromatic heterocycles. The van der Waals surface area contributed by atoms with Crippen LogP contribution in [0.25, 0.3) is 0 Å². The van der Waals surface area contributed by atoms with E-state index in [1.165, 1.54) is 101 Å². The summed E-state index contributed by atoms with van der Waals surface area (Å²) in [5.74, 6) is 1.84. The second-order valence-corrected chi connectivity index (χ2v) is 8.90. The predicted octanol–water partition coefficient (Wildman–Crippen LogP) is 8.35. The monoisotopic (exact) mass is 391 g/mol. The number of nitriles is 1. The van der Waals surface area contributed by atoms with Gasteiger partial charge in [0.25, 0.3) is 0 Å². The highest BCUT2D eigenvalue weighted by atomic mass is 14.3. The van der Waals surface area contributed by atoms with Crippen LogP contribution >= 0.6 is 0 Å². The lowest BCUT2D eigenvalue weighted by molar-refractivity contribution is 0.254. The summed E-state index contributed by atoms with van der Waals surface area (Å²) in [7, 11) is 0. The Balaban J connectivity index is 1.57. The molecular formula is C28H41N. The molecule has 0 atom stereocenters. The Bertz CT molecular complexity index is 623. The van der Waals surface area contributed by atoms with Crippen molar-refractivity contribution in [1.82, 2.24) is 0 Å². The van der Waals surface area contributed by atoms with Crippen LogP contribution in [-0.2, 0) is 12.8 Å². The van der Waals surface area contributed by atoms with Gasteiger partial charge in [0.2, 0.25) is 0 Å². The quantitative estimate of drug-likeness (QED) is 0.188. The molecule has 158 valence electrons. The number of aryl methyl sites for hydroxylation is 2. The summed E-state index contributed by atoms with van der Waals surface area (Å²) >= 11 is 0. The zero-order valence-corrected chi connectivity index (χ0v) is 18.6. The SMILES string of the molecule is CCCCCCCc1ccc(CC[C@H]2CC[C@H](CCC=CC=CC#N)CC2)cc1. The van der Waals surface area contributed by atoms with Crippen molar-refractivity contribution in [2.75, 3.05) is 0 Å². The van der Waals surface area contributed by atoms with Crippen molar-refractivity contribution in [2.24, 2.45) is 11.8 Å². The predicted molar refractivity (Wildman–Crippen MR) is 126 cm³/mol. The Hall–Kier alpha value is -1.81. The minimum absolute atomic E-state index is 0.910. The van der Waals surface area contributed by atoms with E-state index in [9.17, 15) is 0 Å². The summed E-state index contributed by atoms with van der Waals surface area (Å²) in [6.45, 7) is 2.28. The van der Waals surface area contributed by atoms with E-state index in [1.54, 1.807) is 0 Å². The van der Waals surface area contributed by atoms with E-state index in [4.69, 9.17) is 5.26 Å². The molecule has 29 heavy (non-hydrogen) atoms. The third-order valence-corrected chi connectivity index (χ3v) is 6.56. The third kappa shape index (κ3) is 10.5. The Morgan fingerprint density at radius 3 is 2.10 bits per heavy atom. The number of unbranched alkanes of at least 4 members (excludes halogenated alkanes) is 4. The molecule has 0 unspecified atom stereocenters. The molecule has 1 fully saturated rings. The maximum Gasteiger partial charge on any atom is 0.0912 e. The molecule has 2 rings (SSSR count). The Morgan fingerprint density at radius 1 is 0.828 bits per heavy atom. The van der Waals surface area contributed by atoms with Gasteiger partial charge in [0.1, 0.15) is 0 Å². The number of rotatable bonds is 13. The highest BCUT2D eigenvalue weighted by molar-refractivity contribution is 5.22. The molecule has 0 aliphatic heterocycles. The van der Waals surface area contributed by atoms with E-state index >= 15 is 0 Å². The van der Waals surface area contributed by atoms with Crippen LogP contribution in [0.15, 0.2) is 48.6 Å². The number of hydrogen-bond donors (Lipinski definition) is 0. The summed E-state index contributed by atoms with van der Waals surface area (Å²) in [4.78, 5) is 0. The molecular weight excluding hydrogens is 350 g/mol. The minimum Gasteiger partial charge on any atom is -0.193 e.